The lowest BCUT2D eigenvalue weighted by Crippen LogP contribution is -2.26. The average Bonchev–Trinajstić information content (AvgIpc) is 2.84. The Bertz CT molecular complexity index is 667. The van der Waals surface area contributed by atoms with Crippen molar-refractivity contribution < 1.29 is 19.2 Å². The highest BCUT2D eigenvalue weighted by Crippen LogP contribution is 2.42. The molecule has 7 nitrogen and oxygen atoms in total. The minimum Gasteiger partial charge on any atom is -0.496 e. The van der Waals surface area contributed by atoms with E-state index in [-0.39, 0.29) is 34.7 Å². The first-order valence-electron chi connectivity index (χ1n) is 6.79. The number of carbonyl (C=O) groups is 2. The Balaban J connectivity index is 2.32. The van der Waals surface area contributed by atoms with Gasteiger partial charge >= 0.3 is 0 Å². The van der Waals surface area contributed by atoms with Crippen molar-refractivity contribution in [3.05, 3.63) is 26.7 Å². The molecule has 1 amide bonds. The monoisotopic (exact) mass is 402 g/mol. The fourth-order valence-electron chi connectivity index (χ4n) is 2.43. The highest BCUT2D eigenvalue weighted by Gasteiger charge is 2.36. The van der Waals surface area contributed by atoms with Crippen molar-refractivity contribution in [2.45, 2.75) is 13.3 Å². The summed E-state index contributed by atoms with van der Waals surface area (Å²) in [5.74, 6) is 0.667. The van der Waals surface area contributed by atoms with E-state index in [1.54, 1.807) is 6.07 Å². The van der Waals surface area contributed by atoms with Gasteiger partial charge in [-0.25, -0.2) is 0 Å². The lowest BCUT2D eigenvalue weighted by Gasteiger charge is -2.19. The summed E-state index contributed by atoms with van der Waals surface area (Å²) >= 11 is 4.45. The van der Waals surface area contributed by atoms with Crippen LogP contribution in [0.2, 0.25) is 0 Å². The van der Waals surface area contributed by atoms with E-state index in [9.17, 15) is 19.7 Å². The minimum atomic E-state index is -0.534. The van der Waals surface area contributed by atoms with Gasteiger partial charge in [0.1, 0.15) is 11.4 Å². The number of methoxy groups -OCH3 is 1. The number of carbonyl (C=O) groups excluding carboxylic acids is 2. The fourth-order valence-corrected chi connectivity index (χ4v) is 3.77. The fraction of sp³-hybridized carbons (Fsp3) is 0.429. The number of thioether (sulfide) groups is 1. The summed E-state index contributed by atoms with van der Waals surface area (Å²) in [6.07, 6.45) is 0.274. The van der Waals surface area contributed by atoms with Crippen LogP contribution >= 0.6 is 27.7 Å². The van der Waals surface area contributed by atoms with Gasteiger partial charge in [-0.15, -0.1) is 0 Å². The number of hydrogen-bond acceptors (Lipinski definition) is 6. The molecule has 0 aliphatic carbocycles. The molecule has 124 valence electrons. The predicted octanol–water partition coefficient (Wildman–Crippen LogP) is 3.00. The van der Waals surface area contributed by atoms with Crippen LogP contribution in [0.3, 0.4) is 0 Å². The molecule has 0 spiro atoms. The average molecular weight is 403 g/mol. The standard InChI is InChI=1S/C14H15BrN2O5S/c1-8(18)23-7-9-3-13(19)16(6-9)14-11(15)4-10(22-2)5-12(14)17(20)21/h4-5,9H,3,6-7H2,1-2H3. The van der Waals surface area contributed by atoms with Crippen molar-refractivity contribution >= 4 is 50.1 Å². The molecule has 0 N–H and O–H groups in total. The van der Waals surface area contributed by atoms with Crippen molar-refractivity contribution in [3.63, 3.8) is 0 Å². The van der Waals surface area contributed by atoms with Gasteiger partial charge in [-0.1, -0.05) is 11.8 Å². The van der Waals surface area contributed by atoms with E-state index in [0.29, 0.717) is 22.5 Å². The quantitative estimate of drug-likeness (QED) is 0.555. The van der Waals surface area contributed by atoms with Crippen LogP contribution in [0.15, 0.2) is 16.6 Å². The van der Waals surface area contributed by atoms with Crippen molar-refractivity contribution in [1.29, 1.82) is 0 Å². The summed E-state index contributed by atoms with van der Waals surface area (Å²) in [4.78, 5) is 35.5. The molecule has 0 radical (unpaired) electrons. The molecular formula is C14H15BrN2O5S. The Morgan fingerprint density at radius 2 is 2.26 bits per heavy atom. The summed E-state index contributed by atoms with van der Waals surface area (Å²) in [5.41, 5.74) is 0.0422. The Morgan fingerprint density at radius 1 is 1.57 bits per heavy atom. The number of hydrogen-bond donors (Lipinski definition) is 0. The highest BCUT2D eigenvalue weighted by atomic mass is 79.9. The van der Waals surface area contributed by atoms with Crippen LogP contribution in [-0.2, 0) is 9.59 Å². The molecular weight excluding hydrogens is 388 g/mol. The number of halogens is 1. The van der Waals surface area contributed by atoms with Gasteiger partial charge in [0.05, 0.1) is 22.6 Å². The second kappa shape index (κ2) is 7.31. The molecule has 1 saturated heterocycles. The molecule has 1 unspecified atom stereocenters. The number of nitrogens with zero attached hydrogens (tertiary/aromatic N) is 2. The predicted molar refractivity (Wildman–Crippen MR) is 90.9 cm³/mol. The van der Waals surface area contributed by atoms with Crippen molar-refractivity contribution in [2.75, 3.05) is 24.3 Å². The number of nitro benzene ring substituents is 1. The van der Waals surface area contributed by atoms with Gasteiger partial charge in [0.25, 0.3) is 5.69 Å². The summed E-state index contributed by atoms with van der Waals surface area (Å²) in [6.45, 7) is 1.83. The number of benzene rings is 1. The summed E-state index contributed by atoms with van der Waals surface area (Å²) < 4.78 is 5.47. The van der Waals surface area contributed by atoms with Gasteiger partial charge in [0.2, 0.25) is 5.91 Å². The summed E-state index contributed by atoms with van der Waals surface area (Å²) in [6, 6.07) is 2.89. The maximum Gasteiger partial charge on any atom is 0.297 e. The van der Waals surface area contributed by atoms with E-state index < -0.39 is 4.92 Å². The SMILES string of the molecule is COc1cc(Br)c(N2CC(CSC(C)=O)CC2=O)c([N+](=O)[O-])c1. The third-order valence-corrected chi connectivity index (χ3v) is 5.10. The maximum atomic E-state index is 12.3. The molecule has 1 fully saturated rings. The van der Waals surface area contributed by atoms with Gasteiger partial charge in [-0.2, -0.15) is 0 Å². The van der Waals surface area contributed by atoms with E-state index in [1.807, 2.05) is 0 Å². The van der Waals surface area contributed by atoms with Crippen molar-refractivity contribution in [3.8, 4) is 5.75 Å². The maximum absolute atomic E-state index is 12.3. The molecule has 0 bridgehead atoms. The number of amides is 1. The zero-order valence-electron chi connectivity index (χ0n) is 12.6. The largest absolute Gasteiger partial charge is 0.496 e. The molecule has 0 aromatic heterocycles. The van der Waals surface area contributed by atoms with Crippen LogP contribution < -0.4 is 9.64 Å². The van der Waals surface area contributed by atoms with Gasteiger partial charge in [-0.05, 0) is 27.9 Å². The normalized spacial score (nSPS) is 17.4. The summed E-state index contributed by atoms with van der Waals surface area (Å²) in [5, 5.41) is 11.3. The van der Waals surface area contributed by atoms with E-state index in [1.165, 1.54) is 36.8 Å². The zero-order chi connectivity index (χ0) is 17.1. The number of nitro groups is 1. The lowest BCUT2D eigenvalue weighted by molar-refractivity contribution is -0.384. The lowest BCUT2D eigenvalue weighted by atomic mass is 10.1. The molecule has 1 aromatic carbocycles. The van der Waals surface area contributed by atoms with Crippen LogP contribution in [0.5, 0.6) is 5.75 Å². The van der Waals surface area contributed by atoms with Crippen LogP contribution in [0, 0.1) is 16.0 Å². The third kappa shape index (κ3) is 4.03. The number of ether oxygens (including phenoxy) is 1. The molecule has 1 aliphatic rings. The van der Waals surface area contributed by atoms with Crippen LogP contribution in [0.1, 0.15) is 13.3 Å². The first kappa shape index (κ1) is 17.7. The van der Waals surface area contributed by atoms with E-state index in [4.69, 9.17) is 4.74 Å². The Morgan fingerprint density at radius 3 is 2.83 bits per heavy atom. The first-order valence-corrected chi connectivity index (χ1v) is 8.57. The topological polar surface area (TPSA) is 89.8 Å². The second-order valence-electron chi connectivity index (χ2n) is 5.11. The number of rotatable bonds is 5. The molecule has 2 rings (SSSR count). The Hall–Kier alpha value is -1.61. The molecule has 9 heteroatoms. The van der Waals surface area contributed by atoms with Gasteiger partial charge in [0, 0.05) is 25.6 Å². The van der Waals surface area contributed by atoms with E-state index in [0.717, 1.165) is 0 Å². The molecule has 1 heterocycles. The van der Waals surface area contributed by atoms with Crippen LogP contribution in [0.25, 0.3) is 0 Å². The Kier molecular flexibility index (Phi) is 5.64. The van der Waals surface area contributed by atoms with E-state index in [2.05, 4.69) is 15.9 Å². The van der Waals surface area contributed by atoms with E-state index >= 15 is 0 Å². The number of anilines is 1. The summed E-state index contributed by atoms with van der Waals surface area (Å²) in [7, 11) is 1.42. The van der Waals surface area contributed by atoms with Gasteiger partial charge < -0.3 is 9.64 Å². The molecule has 1 aromatic rings. The van der Waals surface area contributed by atoms with Gasteiger partial charge in [-0.3, -0.25) is 19.7 Å². The van der Waals surface area contributed by atoms with Gasteiger partial charge in [0.15, 0.2) is 5.12 Å². The Labute approximate surface area is 145 Å². The third-order valence-electron chi connectivity index (χ3n) is 3.45. The minimum absolute atomic E-state index is 0.00694. The molecule has 23 heavy (non-hydrogen) atoms. The second-order valence-corrected chi connectivity index (χ2v) is 7.16. The molecule has 0 saturated carbocycles. The first-order chi connectivity index (χ1) is 10.8. The van der Waals surface area contributed by atoms with Crippen molar-refractivity contribution in [2.24, 2.45) is 5.92 Å². The van der Waals surface area contributed by atoms with Crippen LogP contribution in [-0.4, -0.2) is 35.4 Å². The molecule has 1 atom stereocenters. The van der Waals surface area contributed by atoms with Crippen LogP contribution in [0.4, 0.5) is 11.4 Å². The highest BCUT2D eigenvalue weighted by molar-refractivity contribution is 9.10. The smallest absolute Gasteiger partial charge is 0.297 e. The molecule has 1 aliphatic heterocycles. The zero-order valence-corrected chi connectivity index (χ0v) is 15.0. The van der Waals surface area contributed by atoms with Crippen molar-refractivity contribution in [1.82, 2.24) is 0 Å².